The van der Waals surface area contributed by atoms with E-state index in [1.165, 1.54) is 0 Å². The highest BCUT2D eigenvalue weighted by Crippen LogP contribution is 2.52. The van der Waals surface area contributed by atoms with Crippen LogP contribution in [0.25, 0.3) is 11.3 Å². The summed E-state index contributed by atoms with van der Waals surface area (Å²) in [4.78, 5) is 13.2. The summed E-state index contributed by atoms with van der Waals surface area (Å²) in [6, 6.07) is 5.72. The number of ketones is 1. The van der Waals surface area contributed by atoms with Gasteiger partial charge in [0.25, 0.3) is 0 Å². The van der Waals surface area contributed by atoms with Crippen molar-refractivity contribution in [1.82, 2.24) is 5.16 Å². The maximum atomic E-state index is 13.2. The molecule has 1 aromatic carbocycles. The molecule has 2 aliphatic carbocycles. The van der Waals surface area contributed by atoms with Crippen LogP contribution < -0.4 is 0 Å². The van der Waals surface area contributed by atoms with E-state index in [0.29, 0.717) is 41.3 Å². The molecule has 6 heteroatoms. The predicted octanol–water partition coefficient (Wildman–Crippen LogP) is 3.76. The van der Waals surface area contributed by atoms with E-state index in [-0.39, 0.29) is 11.9 Å². The van der Waals surface area contributed by atoms with Crippen LogP contribution in [0, 0.1) is 5.92 Å². The number of fused-ring (bicyclic) bond motifs is 2. The van der Waals surface area contributed by atoms with Gasteiger partial charge >= 0.3 is 0 Å². The van der Waals surface area contributed by atoms with Crippen molar-refractivity contribution in [2.45, 2.75) is 57.9 Å². The maximum absolute atomic E-state index is 13.2. The highest BCUT2D eigenvalue weighted by atomic mass is 28.3. The van der Waals surface area contributed by atoms with Gasteiger partial charge in [-0.15, -0.1) is 0 Å². The molecule has 1 aromatic heterocycles. The van der Waals surface area contributed by atoms with Crippen molar-refractivity contribution in [3.63, 3.8) is 0 Å². The van der Waals surface area contributed by atoms with Crippen molar-refractivity contribution in [2.75, 3.05) is 0 Å². The molecular formula is C20H25NO4Si. The zero-order valence-corrected chi connectivity index (χ0v) is 16.9. The largest absolute Gasteiger partial charge is 0.410 e. The quantitative estimate of drug-likeness (QED) is 0.829. The van der Waals surface area contributed by atoms with Gasteiger partial charge in [-0.3, -0.25) is 4.79 Å². The number of carbonyl (C=O) groups is 1. The third kappa shape index (κ3) is 2.51. The molecular weight excluding hydrogens is 346 g/mol. The van der Waals surface area contributed by atoms with Gasteiger partial charge < -0.3 is 14.1 Å². The Bertz CT molecular complexity index is 873. The minimum atomic E-state index is -1.55. The van der Waals surface area contributed by atoms with Crippen molar-refractivity contribution in [1.29, 1.82) is 0 Å². The van der Waals surface area contributed by atoms with Crippen LogP contribution in [0.1, 0.15) is 60.0 Å². The summed E-state index contributed by atoms with van der Waals surface area (Å²) in [5.74, 6) is 0.742. The molecule has 0 spiro atoms. The van der Waals surface area contributed by atoms with Gasteiger partial charge in [0, 0.05) is 11.1 Å². The van der Waals surface area contributed by atoms with Gasteiger partial charge in [-0.25, -0.2) is 0 Å². The summed E-state index contributed by atoms with van der Waals surface area (Å²) in [6.45, 7) is 8.50. The fourth-order valence-corrected chi connectivity index (χ4v) is 5.19. The van der Waals surface area contributed by atoms with Gasteiger partial charge in [0.05, 0.1) is 5.56 Å². The molecule has 2 aromatic rings. The molecule has 4 rings (SSSR count). The Morgan fingerprint density at radius 3 is 2.88 bits per heavy atom. The van der Waals surface area contributed by atoms with Crippen LogP contribution in [0.4, 0.5) is 0 Å². The molecule has 0 aliphatic heterocycles. The van der Waals surface area contributed by atoms with Gasteiger partial charge in [-0.2, -0.15) is 0 Å². The van der Waals surface area contributed by atoms with Gasteiger partial charge in [0.2, 0.25) is 0 Å². The van der Waals surface area contributed by atoms with E-state index in [2.05, 4.69) is 32.1 Å². The first-order chi connectivity index (χ1) is 12.3. The first-order valence-electron chi connectivity index (χ1n) is 9.38. The molecule has 1 N–H and O–H groups in total. The van der Waals surface area contributed by atoms with Gasteiger partial charge in [-0.1, -0.05) is 37.2 Å². The number of Topliss-reactive ketones (excluding diaryl/α,β-unsaturated/α-hetero) is 1. The fourth-order valence-electron chi connectivity index (χ4n) is 4.28. The standard InChI is InChI=1S/C20H25NO4Si/c1-11(2)10-12-6-5-7-13-15(12)17-16-18(24-21-17)14(25-26(3)4)8-9-20(16,23)19(13)22/h5-7,11,14,23,26H,8-10H2,1-4H3. The van der Waals surface area contributed by atoms with Crippen molar-refractivity contribution in [2.24, 2.45) is 5.92 Å². The second kappa shape index (κ2) is 6.15. The minimum absolute atomic E-state index is 0.218. The third-order valence-corrected chi connectivity index (χ3v) is 6.14. The first kappa shape index (κ1) is 17.6. The number of carbonyl (C=O) groups excluding carboxylic acids is 1. The Kier molecular flexibility index (Phi) is 4.17. The van der Waals surface area contributed by atoms with E-state index >= 15 is 0 Å². The number of aliphatic hydroxyl groups is 1. The second-order valence-electron chi connectivity index (χ2n) is 8.11. The molecule has 1 heterocycles. The fraction of sp³-hybridized carbons (Fsp3) is 0.500. The van der Waals surface area contributed by atoms with Gasteiger partial charge in [0.1, 0.15) is 11.8 Å². The minimum Gasteiger partial charge on any atom is -0.410 e. The summed E-state index contributed by atoms with van der Waals surface area (Å²) in [6.07, 6.45) is 1.53. The van der Waals surface area contributed by atoms with Crippen LogP contribution in [0.2, 0.25) is 13.1 Å². The van der Waals surface area contributed by atoms with Crippen molar-refractivity contribution in [3.8, 4) is 11.3 Å². The van der Waals surface area contributed by atoms with Crippen molar-refractivity contribution in [3.05, 3.63) is 40.6 Å². The zero-order chi connectivity index (χ0) is 18.6. The molecule has 0 bridgehead atoms. The van der Waals surface area contributed by atoms with Crippen LogP contribution >= 0.6 is 0 Å². The van der Waals surface area contributed by atoms with Gasteiger partial charge in [-0.05, 0) is 43.8 Å². The maximum Gasteiger partial charge on any atom is 0.199 e. The summed E-state index contributed by atoms with van der Waals surface area (Å²) in [5.41, 5.74) is 2.06. The lowest BCUT2D eigenvalue weighted by Gasteiger charge is -2.37. The Morgan fingerprint density at radius 2 is 2.19 bits per heavy atom. The lowest BCUT2D eigenvalue weighted by atomic mass is 9.69. The number of aromatic nitrogens is 1. The Morgan fingerprint density at radius 1 is 1.42 bits per heavy atom. The van der Waals surface area contributed by atoms with Crippen molar-refractivity contribution < 1.29 is 18.9 Å². The van der Waals surface area contributed by atoms with Crippen LogP contribution in [0.15, 0.2) is 22.7 Å². The number of hydrogen-bond donors (Lipinski definition) is 1. The highest BCUT2D eigenvalue weighted by Gasteiger charge is 2.53. The zero-order valence-electron chi connectivity index (χ0n) is 15.7. The molecule has 0 saturated heterocycles. The van der Waals surface area contributed by atoms with E-state index in [9.17, 15) is 9.90 Å². The number of benzene rings is 1. The van der Waals surface area contributed by atoms with Crippen LogP contribution in [-0.4, -0.2) is 25.1 Å². The summed E-state index contributed by atoms with van der Waals surface area (Å²) < 4.78 is 11.8. The molecule has 138 valence electrons. The summed E-state index contributed by atoms with van der Waals surface area (Å²) in [5, 5.41) is 15.6. The molecule has 0 saturated carbocycles. The molecule has 0 amide bonds. The van der Waals surface area contributed by atoms with E-state index in [1.807, 2.05) is 12.1 Å². The highest BCUT2D eigenvalue weighted by molar-refractivity contribution is 6.48. The third-order valence-electron chi connectivity index (χ3n) is 5.27. The SMILES string of the molecule is CC(C)Cc1cccc2c1-c1noc3c1C(O)(CCC3O[SiH](C)C)C2=O. The van der Waals surface area contributed by atoms with Gasteiger partial charge in [0.15, 0.2) is 26.2 Å². The summed E-state index contributed by atoms with van der Waals surface area (Å²) >= 11 is 0. The average molecular weight is 372 g/mol. The Hall–Kier alpha value is -1.76. The molecule has 5 nitrogen and oxygen atoms in total. The smallest absolute Gasteiger partial charge is 0.199 e. The summed E-state index contributed by atoms with van der Waals surface area (Å²) in [7, 11) is -1.29. The topological polar surface area (TPSA) is 72.6 Å². The van der Waals surface area contributed by atoms with Crippen LogP contribution in [0.3, 0.4) is 0 Å². The normalized spacial score (nSPS) is 24.1. The van der Waals surface area contributed by atoms with E-state index in [4.69, 9.17) is 8.95 Å². The predicted molar refractivity (Wildman–Crippen MR) is 101 cm³/mol. The lowest BCUT2D eigenvalue weighted by molar-refractivity contribution is 0.00214. The molecule has 0 fully saturated rings. The van der Waals surface area contributed by atoms with Crippen LogP contribution in [0.5, 0.6) is 0 Å². The van der Waals surface area contributed by atoms with E-state index in [1.54, 1.807) is 6.07 Å². The molecule has 2 atom stereocenters. The molecule has 2 unspecified atom stereocenters. The Balaban J connectivity index is 1.93. The Labute approximate surface area is 155 Å². The lowest BCUT2D eigenvalue weighted by Crippen LogP contribution is -2.43. The molecule has 0 radical (unpaired) electrons. The van der Waals surface area contributed by atoms with Crippen molar-refractivity contribution >= 4 is 14.8 Å². The first-order valence-corrected chi connectivity index (χ1v) is 12.2. The van der Waals surface area contributed by atoms with Crippen LogP contribution in [-0.2, 0) is 16.4 Å². The number of nitrogens with zero attached hydrogens (tertiary/aromatic N) is 1. The number of rotatable bonds is 4. The second-order valence-corrected chi connectivity index (χ2v) is 10.5. The molecule has 2 aliphatic rings. The molecule has 26 heavy (non-hydrogen) atoms. The van der Waals surface area contributed by atoms with E-state index < -0.39 is 14.6 Å². The van der Waals surface area contributed by atoms with E-state index in [0.717, 1.165) is 17.5 Å². The average Bonchev–Trinajstić information content (AvgIpc) is 3.01. The number of hydrogen-bond acceptors (Lipinski definition) is 5. The monoisotopic (exact) mass is 371 g/mol.